The summed E-state index contributed by atoms with van der Waals surface area (Å²) in [6.07, 6.45) is 0.872. The van der Waals surface area contributed by atoms with Gasteiger partial charge in [0.05, 0.1) is 13.2 Å². The molecule has 0 atom stereocenters. The zero-order valence-electron chi connectivity index (χ0n) is 18.1. The molecule has 3 aromatic rings. The molecule has 0 radical (unpaired) electrons. The molecule has 0 spiro atoms. The van der Waals surface area contributed by atoms with Crippen LogP contribution in [0.1, 0.15) is 41.3 Å². The van der Waals surface area contributed by atoms with Crippen LogP contribution in [0, 0.1) is 13.8 Å². The molecule has 0 bridgehead atoms. The van der Waals surface area contributed by atoms with Gasteiger partial charge in [0.25, 0.3) is 0 Å². The van der Waals surface area contributed by atoms with E-state index >= 15 is 0 Å². The molecule has 1 heterocycles. The number of thiophene rings is 1. The Morgan fingerprint density at radius 2 is 1.84 bits per heavy atom. The van der Waals surface area contributed by atoms with Gasteiger partial charge in [-0.3, -0.25) is 4.79 Å². The van der Waals surface area contributed by atoms with Gasteiger partial charge in [0.1, 0.15) is 16.3 Å². The Bertz CT molecular complexity index is 1040. The van der Waals surface area contributed by atoms with Crippen molar-refractivity contribution in [3.63, 3.8) is 0 Å². The first-order chi connectivity index (χ1) is 15.0. The van der Waals surface area contributed by atoms with E-state index < -0.39 is 5.97 Å². The third-order valence-corrected chi connectivity index (χ3v) is 5.65. The molecule has 1 N–H and O–H groups in total. The lowest BCUT2D eigenvalue weighted by atomic mass is 10.0. The summed E-state index contributed by atoms with van der Waals surface area (Å²) >= 11 is 1.33. The minimum absolute atomic E-state index is 0.156. The van der Waals surface area contributed by atoms with Crippen LogP contribution < -0.4 is 10.1 Å². The molecule has 3 rings (SSSR count). The number of anilines is 1. The Kier molecular flexibility index (Phi) is 7.84. The van der Waals surface area contributed by atoms with E-state index in [0.717, 1.165) is 28.0 Å². The predicted octanol–water partition coefficient (Wildman–Crippen LogP) is 6.01. The first kappa shape index (κ1) is 22.6. The van der Waals surface area contributed by atoms with Gasteiger partial charge in [0, 0.05) is 17.4 Å². The zero-order chi connectivity index (χ0) is 22.2. The molecule has 5 nitrogen and oxygen atoms in total. The van der Waals surface area contributed by atoms with Crippen LogP contribution in [0.2, 0.25) is 0 Å². The maximum absolute atomic E-state index is 12.6. The lowest BCUT2D eigenvalue weighted by molar-refractivity contribution is -0.116. The highest BCUT2D eigenvalue weighted by molar-refractivity contribution is 7.15. The van der Waals surface area contributed by atoms with E-state index in [4.69, 9.17) is 9.47 Å². The number of carbonyl (C=O) groups excluding carboxylic acids is 2. The second kappa shape index (κ2) is 10.8. The summed E-state index contributed by atoms with van der Waals surface area (Å²) in [6.45, 7) is 6.50. The molecular formula is C25H27NO4S. The number of rotatable bonds is 9. The highest BCUT2D eigenvalue weighted by atomic mass is 32.1. The average molecular weight is 438 g/mol. The lowest BCUT2D eigenvalue weighted by Crippen LogP contribution is -2.15. The fraction of sp³-hybridized carbons (Fsp3) is 0.280. The quantitative estimate of drug-likeness (QED) is 0.329. The van der Waals surface area contributed by atoms with Gasteiger partial charge in [-0.25, -0.2) is 4.79 Å². The molecule has 0 aliphatic heterocycles. The van der Waals surface area contributed by atoms with E-state index in [1.165, 1.54) is 11.3 Å². The average Bonchev–Trinajstić information content (AvgIpc) is 3.18. The van der Waals surface area contributed by atoms with Crippen LogP contribution in [0.3, 0.4) is 0 Å². The monoisotopic (exact) mass is 437 g/mol. The number of esters is 1. The molecule has 1 amide bonds. The summed E-state index contributed by atoms with van der Waals surface area (Å²) in [5, 5.41) is 5.27. The molecule has 31 heavy (non-hydrogen) atoms. The minimum atomic E-state index is -0.434. The lowest BCUT2D eigenvalue weighted by Gasteiger charge is -2.11. The molecule has 2 aromatic carbocycles. The number of aryl methyl sites for hydroxylation is 2. The van der Waals surface area contributed by atoms with Crippen molar-refractivity contribution in [2.24, 2.45) is 0 Å². The van der Waals surface area contributed by atoms with E-state index in [2.05, 4.69) is 5.32 Å². The summed E-state index contributed by atoms with van der Waals surface area (Å²) < 4.78 is 11.1. The van der Waals surface area contributed by atoms with Crippen molar-refractivity contribution in [2.75, 3.05) is 18.5 Å². The van der Waals surface area contributed by atoms with Gasteiger partial charge < -0.3 is 14.8 Å². The number of benzene rings is 2. The molecule has 162 valence electrons. The summed E-state index contributed by atoms with van der Waals surface area (Å²) in [4.78, 5) is 25.1. The van der Waals surface area contributed by atoms with E-state index in [-0.39, 0.29) is 12.5 Å². The number of amides is 1. The van der Waals surface area contributed by atoms with Crippen molar-refractivity contribution < 1.29 is 19.1 Å². The van der Waals surface area contributed by atoms with Crippen molar-refractivity contribution >= 4 is 28.2 Å². The van der Waals surface area contributed by atoms with Crippen molar-refractivity contribution in [3.05, 3.63) is 70.6 Å². The number of ether oxygens (including phenoxy) is 2. The summed E-state index contributed by atoms with van der Waals surface area (Å²) in [6, 6.07) is 15.7. The first-order valence-electron chi connectivity index (χ1n) is 10.3. The van der Waals surface area contributed by atoms with Gasteiger partial charge in [-0.15, -0.1) is 11.3 Å². The van der Waals surface area contributed by atoms with Crippen LogP contribution in [0.5, 0.6) is 5.75 Å². The molecule has 0 fully saturated rings. The van der Waals surface area contributed by atoms with Crippen molar-refractivity contribution in [1.29, 1.82) is 0 Å². The fourth-order valence-electron chi connectivity index (χ4n) is 3.15. The molecular weight excluding hydrogens is 410 g/mol. The van der Waals surface area contributed by atoms with Gasteiger partial charge in [-0.2, -0.15) is 0 Å². The smallest absolute Gasteiger partial charge is 0.341 e. The van der Waals surface area contributed by atoms with Gasteiger partial charge in [-0.1, -0.05) is 42.5 Å². The summed E-state index contributed by atoms with van der Waals surface area (Å²) in [5.41, 5.74) is 4.28. The van der Waals surface area contributed by atoms with Gasteiger partial charge >= 0.3 is 5.97 Å². The fourth-order valence-corrected chi connectivity index (χ4v) is 4.13. The van der Waals surface area contributed by atoms with E-state index in [1.807, 2.05) is 67.8 Å². The normalized spacial score (nSPS) is 10.5. The van der Waals surface area contributed by atoms with Gasteiger partial charge in [0.2, 0.25) is 5.91 Å². The Morgan fingerprint density at radius 3 is 2.58 bits per heavy atom. The van der Waals surface area contributed by atoms with Crippen LogP contribution in [0.25, 0.3) is 11.1 Å². The minimum Gasteiger partial charge on any atom is -0.493 e. The highest BCUT2D eigenvalue weighted by Crippen LogP contribution is 2.36. The van der Waals surface area contributed by atoms with Crippen LogP contribution in [0.15, 0.2) is 53.9 Å². The molecule has 0 unspecified atom stereocenters. The molecule has 1 aromatic heterocycles. The van der Waals surface area contributed by atoms with E-state index in [1.54, 1.807) is 6.92 Å². The second-order valence-electron chi connectivity index (χ2n) is 7.21. The topological polar surface area (TPSA) is 64.6 Å². The summed E-state index contributed by atoms with van der Waals surface area (Å²) in [7, 11) is 0. The third kappa shape index (κ3) is 5.95. The Hall–Kier alpha value is -3.12. The molecule has 0 saturated heterocycles. The van der Waals surface area contributed by atoms with Crippen LogP contribution in [-0.4, -0.2) is 25.1 Å². The maximum atomic E-state index is 12.6. The highest BCUT2D eigenvalue weighted by Gasteiger charge is 2.22. The number of hydrogen-bond acceptors (Lipinski definition) is 5. The van der Waals surface area contributed by atoms with Crippen LogP contribution in [-0.2, 0) is 9.53 Å². The predicted molar refractivity (Wildman–Crippen MR) is 125 cm³/mol. The largest absolute Gasteiger partial charge is 0.493 e. The van der Waals surface area contributed by atoms with E-state index in [9.17, 15) is 9.59 Å². The van der Waals surface area contributed by atoms with Crippen molar-refractivity contribution in [1.82, 2.24) is 0 Å². The maximum Gasteiger partial charge on any atom is 0.341 e. The van der Waals surface area contributed by atoms with Gasteiger partial charge in [-0.05, 0) is 49.9 Å². The number of nitrogens with one attached hydrogen (secondary N) is 1. The summed E-state index contributed by atoms with van der Waals surface area (Å²) in [5.74, 6) is 0.253. The van der Waals surface area contributed by atoms with Crippen molar-refractivity contribution in [3.8, 4) is 16.9 Å². The standard InChI is InChI=1S/C25H27NO4S/c1-4-29-25(28)23-20(19-9-6-5-7-10-19)16-31-24(23)26-22(27)11-8-14-30-21-15-17(2)12-13-18(21)3/h5-7,9-10,12-13,15-16H,4,8,11,14H2,1-3H3,(H,26,27). The first-order valence-corrected chi connectivity index (χ1v) is 11.2. The van der Waals surface area contributed by atoms with Crippen molar-refractivity contribution in [2.45, 2.75) is 33.6 Å². The molecule has 6 heteroatoms. The Balaban J connectivity index is 1.63. The zero-order valence-corrected chi connectivity index (χ0v) is 18.9. The van der Waals surface area contributed by atoms with Gasteiger partial charge in [0.15, 0.2) is 0 Å². The van der Waals surface area contributed by atoms with Crippen LogP contribution >= 0.6 is 11.3 Å². The Labute approximate surface area is 187 Å². The molecule has 0 saturated carbocycles. The number of carbonyl (C=O) groups is 2. The molecule has 0 aliphatic carbocycles. The van der Waals surface area contributed by atoms with E-state index in [0.29, 0.717) is 30.0 Å². The second-order valence-corrected chi connectivity index (χ2v) is 8.09. The van der Waals surface area contributed by atoms with Crippen LogP contribution in [0.4, 0.5) is 5.00 Å². The Morgan fingerprint density at radius 1 is 1.06 bits per heavy atom. The number of hydrogen-bond donors (Lipinski definition) is 1. The third-order valence-electron chi connectivity index (χ3n) is 4.76. The SMILES string of the molecule is CCOC(=O)c1c(-c2ccccc2)csc1NC(=O)CCCOc1cc(C)ccc1C. The molecule has 0 aliphatic rings.